The number of amides is 1. The second-order valence-electron chi connectivity index (χ2n) is 8.12. The molecule has 0 radical (unpaired) electrons. The number of rotatable bonds is 7. The van der Waals surface area contributed by atoms with E-state index in [-0.39, 0.29) is 4.90 Å². The summed E-state index contributed by atoms with van der Waals surface area (Å²) in [4.78, 5) is 24.2. The molecule has 0 unspecified atom stereocenters. The molecular formula is C26H28N4O3S. The van der Waals surface area contributed by atoms with Crippen molar-refractivity contribution in [3.8, 4) is 0 Å². The van der Waals surface area contributed by atoms with Gasteiger partial charge >= 0.3 is 0 Å². The zero-order chi connectivity index (χ0) is 24.1. The van der Waals surface area contributed by atoms with Crippen LogP contribution in [0, 0.1) is 0 Å². The third-order valence-corrected chi connectivity index (χ3v) is 7.54. The predicted octanol–water partition coefficient (Wildman–Crippen LogP) is 4.38. The Balaban J connectivity index is 1.65. The van der Waals surface area contributed by atoms with E-state index in [0.29, 0.717) is 36.9 Å². The molecule has 2 aliphatic rings. The summed E-state index contributed by atoms with van der Waals surface area (Å²) < 4.78 is 27.5. The molecule has 0 atom stereocenters. The molecular weight excluding hydrogens is 448 g/mol. The average Bonchev–Trinajstić information content (AvgIpc) is 3.00. The number of hydrogen-bond donors (Lipinski definition) is 0. The fraction of sp³-hybridized carbons (Fsp3) is 0.269. The number of fused-ring (bicyclic) bond motifs is 2. The molecule has 0 bridgehead atoms. The third-order valence-electron chi connectivity index (χ3n) is 5.63. The summed E-state index contributed by atoms with van der Waals surface area (Å²) in [5.74, 6) is 0.575. The standard InChI is InChI=1S/C26H28N4O3S/c1-3-16-30(17-4-2)34(32,33)22-14-12-20(13-15-22)26(31)28-25-23-10-6-5-9-21(23)19-29-18-8-7-11-24(29)27-25/h5-15,18H,3-4,16-17,19H2,1-2H3. The fourth-order valence-corrected chi connectivity index (χ4v) is 5.57. The zero-order valence-electron chi connectivity index (χ0n) is 19.4. The summed E-state index contributed by atoms with van der Waals surface area (Å²) in [5, 5.41) is 0. The van der Waals surface area contributed by atoms with Crippen molar-refractivity contribution in [3.05, 3.63) is 89.6 Å². The molecule has 0 aromatic heterocycles. The van der Waals surface area contributed by atoms with E-state index in [9.17, 15) is 13.2 Å². The lowest BCUT2D eigenvalue weighted by molar-refractivity contribution is 0.100. The highest BCUT2D eigenvalue weighted by atomic mass is 32.2. The lowest BCUT2D eigenvalue weighted by atomic mass is 10.1. The Labute approximate surface area is 200 Å². The number of sulfonamides is 1. The summed E-state index contributed by atoms with van der Waals surface area (Å²) in [5.41, 5.74) is 2.12. The molecule has 2 aromatic rings. The van der Waals surface area contributed by atoms with Crippen molar-refractivity contribution in [1.82, 2.24) is 9.21 Å². The average molecular weight is 477 g/mol. The summed E-state index contributed by atoms with van der Waals surface area (Å²) in [6.07, 6.45) is 9.13. The van der Waals surface area contributed by atoms with Crippen LogP contribution in [0.15, 0.2) is 87.8 Å². The van der Waals surface area contributed by atoms with Gasteiger partial charge in [-0.2, -0.15) is 9.30 Å². The lowest BCUT2D eigenvalue weighted by Crippen LogP contribution is -2.32. The number of nitrogens with zero attached hydrogens (tertiary/aromatic N) is 4. The highest BCUT2D eigenvalue weighted by Gasteiger charge is 2.24. The van der Waals surface area contributed by atoms with Gasteiger partial charge in [0.1, 0.15) is 5.84 Å². The van der Waals surface area contributed by atoms with E-state index in [0.717, 1.165) is 24.0 Å². The maximum absolute atomic E-state index is 13.0. The summed E-state index contributed by atoms with van der Waals surface area (Å²) >= 11 is 0. The SMILES string of the molecule is CCCN(CCC)S(=O)(=O)c1ccc(C(=O)N=C2N=C3C=CC=CN3Cc3ccccc32)cc1. The number of amidine groups is 2. The quantitative estimate of drug-likeness (QED) is 0.594. The van der Waals surface area contributed by atoms with Gasteiger partial charge in [-0.1, -0.05) is 44.2 Å². The fourth-order valence-electron chi connectivity index (χ4n) is 3.95. The minimum absolute atomic E-state index is 0.174. The van der Waals surface area contributed by atoms with Crippen molar-refractivity contribution in [3.63, 3.8) is 0 Å². The summed E-state index contributed by atoms with van der Waals surface area (Å²) in [7, 11) is -3.61. The minimum Gasteiger partial charge on any atom is -0.329 e. The first kappa shape index (κ1) is 23.8. The number of benzene rings is 2. The van der Waals surface area contributed by atoms with E-state index in [2.05, 4.69) is 9.98 Å². The molecule has 2 aromatic carbocycles. The van der Waals surface area contributed by atoms with Gasteiger partial charge in [0.15, 0.2) is 5.84 Å². The first-order valence-electron chi connectivity index (χ1n) is 11.5. The summed E-state index contributed by atoms with van der Waals surface area (Å²) in [6.45, 7) is 5.46. The molecule has 0 aliphatic carbocycles. The van der Waals surface area contributed by atoms with Crippen LogP contribution in [0.1, 0.15) is 48.2 Å². The number of hydrogen-bond acceptors (Lipinski definition) is 4. The largest absolute Gasteiger partial charge is 0.329 e. The molecule has 0 saturated carbocycles. The zero-order valence-corrected chi connectivity index (χ0v) is 20.2. The van der Waals surface area contributed by atoms with Gasteiger partial charge in [-0.25, -0.2) is 13.4 Å². The minimum atomic E-state index is -3.61. The normalized spacial score (nSPS) is 16.3. The van der Waals surface area contributed by atoms with E-state index in [1.54, 1.807) is 0 Å². The van der Waals surface area contributed by atoms with Crippen molar-refractivity contribution >= 4 is 27.6 Å². The first-order valence-corrected chi connectivity index (χ1v) is 12.9. The van der Waals surface area contributed by atoms with E-state index >= 15 is 0 Å². The number of carbonyl (C=O) groups is 1. The van der Waals surface area contributed by atoms with Gasteiger partial charge in [0.2, 0.25) is 10.0 Å². The second kappa shape index (κ2) is 10.3. The van der Waals surface area contributed by atoms with E-state index in [4.69, 9.17) is 0 Å². The Kier molecular flexibility index (Phi) is 7.19. The monoisotopic (exact) mass is 476 g/mol. The molecule has 4 rings (SSSR count). The van der Waals surface area contributed by atoms with Crippen LogP contribution in [0.4, 0.5) is 0 Å². The Morgan fingerprint density at radius 3 is 2.44 bits per heavy atom. The van der Waals surface area contributed by atoms with Crippen LogP contribution in [-0.4, -0.2) is 48.3 Å². The molecule has 176 valence electrons. The number of aliphatic imine (C=N–C) groups is 2. The maximum Gasteiger partial charge on any atom is 0.279 e. The van der Waals surface area contributed by atoms with Crippen molar-refractivity contribution in [1.29, 1.82) is 0 Å². The van der Waals surface area contributed by atoms with Gasteiger partial charge in [-0.05, 0) is 54.8 Å². The Morgan fingerprint density at radius 1 is 1.03 bits per heavy atom. The Morgan fingerprint density at radius 2 is 1.74 bits per heavy atom. The van der Waals surface area contributed by atoms with Gasteiger partial charge < -0.3 is 4.90 Å². The number of carbonyl (C=O) groups excluding carboxylic acids is 1. The Hall–Kier alpha value is -3.36. The highest BCUT2D eigenvalue weighted by molar-refractivity contribution is 7.89. The van der Waals surface area contributed by atoms with Gasteiger partial charge in [0.05, 0.1) is 4.90 Å². The van der Waals surface area contributed by atoms with Gasteiger partial charge in [0, 0.05) is 37.0 Å². The molecule has 1 amide bonds. The van der Waals surface area contributed by atoms with Crippen LogP contribution in [0.25, 0.3) is 0 Å². The van der Waals surface area contributed by atoms with E-state index < -0.39 is 15.9 Å². The van der Waals surface area contributed by atoms with Crippen molar-refractivity contribution in [2.24, 2.45) is 9.98 Å². The molecule has 2 aliphatic heterocycles. The van der Waals surface area contributed by atoms with Gasteiger partial charge in [0.25, 0.3) is 5.91 Å². The second-order valence-corrected chi connectivity index (χ2v) is 10.1. The topological polar surface area (TPSA) is 82.4 Å². The van der Waals surface area contributed by atoms with Crippen LogP contribution >= 0.6 is 0 Å². The molecule has 2 heterocycles. The summed E-state index contributed by atoms with van der Waals surface area (Å²) in [6, 6.07) is 13.7. The molecule has 34 heavy (non-hydrogen) atoms. The molecule has 0 saturated heterocycles. The van der Waals surface area contributed by atoms with Gasteiger partial charge in [-0.3, -0.25) is 4.79 Å². The maximum atomic E-state index is 13.0. The predicted molar refractivity (Wildman–Crippen MR) is 134 cm³/mol. The molecule has 8 heteroatoms. The van der Waals surface area contributed by atoms with Crippen LogP contribution < -0.4 is 0 Å². The molecule has 0 spiro atoms. The first-order chi connectivity index (χ1) is 16.4. The van der Waals surface area contributed by atoms with Crippen LogP contribution in [0.3, 0.4) is 0 Å². The highest BCUT2D eigenvalue weighted by Crippen LogP contribution is 2.22. The van der Waals surface area contributed by atoms with Crippen molar-refractivity contribution in [2.45, 2.75) is 38.1 Å². The van der Waals surface area contributed by atoms with Crippen molar-refractivity contribution in [2.75, 3.05) is 13.1 Å². The number of allylic oxidation sites excluding steroid dienone is 2. The van der Waals surface area contributed by atoms with Crippen LogP contribution in [0.2, 0.25) is 0 Å². The third kappa shape index (κ3) is 4.93. The lowest BCUT2D eigenvalue weighted by Gasteiger charge is -2.21. The van der Waals surface area contributed by atoms with Crippen molar-refractivity contribution < 1.29 is 13.2 Å². The molecule has 7 nitrogen and oxygen atoms in total. The van der Waals surface area contributed by atoms with E-state index in [1.165, 1.54) is 28.6 Å². The molecule has 0 fully saturated rings. The van der Waals surface area contributed by atoms with Gasteiger partial charge in [-0.15, -0.1) is 0 Å². The smallest absolute Gasteiger partial charge is 0.279 e. The van der Waals surface area contributed by atoms with Crippen LogP contribution in [-0.2, 0) is 16.6 Å². The molecule has 0 N–H and O–H groups in total. The van der Waals surface area contributed by atoms with E-state index in [1.807, 2.05) is 67.4 Å². The van der Waals surface area contributed by atoms with Crippen LogP contribution in [0.5, 0.6) is 0 Å². The Bertz CT molecular complexity index is 1290.